The summed E-state index contributed by atoms with van der Waals surface area (Å²) in [5, 5.41) is 7.37. The van der Waals surface area contributed by atoms with Crippen molar-refractivity contribution in [2.24, 2.45) is 0 Å². The van der Waals surface area contributed by atoms with E-state index < -0.39 is 21.4 Å². The number of methoxy groups -OCH3 is 3. The Balaban J connectivity index is 1.86. The Labute approximate surface area is 214 Å². The number of para-hydroxylation sites is 1. The van der Waals surface area contributed by atoms with E-state index in [1.807, 2.05) is 13.0 Å². The molecule has 37 heavy (non-hydrogen) atoms. The number of aromatic nitrogens is 5. The first kappa shape index (κ1) is 26.1. The first-order valence-electron chi connectivity index (χ1n) is 11.3. The van der Waals surface area contributed by atoms with Gasteiger partial charge in [0.05, 0.1) is 20.4 Å². The molecular formula is C24H28N6O6S. The Kier molecular flexibility index (Phi) is 7.45. The number of aryl methyl sites for hydroxylation is 2. The van der Waals surface area contributed by atoms with Gasteiger partial charge in [0.1, 0.15) is 28.2 Å². The minimum atomic E-state index is -4.11. The molecule has 0 fully saturated rings. The third kappa shape index (κ3) is 5.13. The number of ether oxygens (including phenoxy) is 3. The maximum atomic E-state index is 13.6. The summed E-state index contributed by atoms with van der Waals surface area (Å²) in [6.07, 6.45) is 3.85. The molecule has 0 bridgehead atoms. The molecule has 2 atom stereocenters. The van der Waals surface area contributed by atoms with E-state index in [-0.39, 0.29) is 11.8 Å². The number of rotatable bonds is 10. The van der Waals surface area contributed by atoms with E-state index in [1.54, 1.807) is 37.5 Å². The molecule has 1 N–H and O–H groups in total. The number of oxazole rings is 1. The van der Waals surface area contributed by atoms with Crippen molar-refractivity contribution in [2.75, 3.05) is 26.1 Å². The summed E-state index contributed by atoms with van der Waals surface area (Å²) in [6, 6.07) is 7.07. The number of pyridine rings is 1. The van der Waals surface area contributed by atoms with Crippen LogP contribution in [0.3, 0.4) is 0 Å². The Morgan fingerprint density at radius 2 is 1.73 bits per heavy atom. The van der Waals surface area contributed by atoms with Gasteiger partial charge in [-0.25, -0.2) is 13.4 Å². The number of benzene rings is 1. The Hall–Kier alpha value is -3.97. The molecule has 4 rings (SSSR count). The molecule has 4 aromatic rings. The molecule has 3 aromatic heterocycles. The largest absolute Gasteiger partial charge is 0.494 e. The molecule has 0 saturated heterocycles. The van der Waals surface area contributed by atoms with Gasteiger partial charge in [-0.2, -0.15) is 0 Å². The van der Waals surface area contributed by atoms with Crippen molar-refractivity contribution in [2.45, 2.75) is 32.1 Å². The van der Waals surface area contributed by atoms with Crippen LogP contribution in [0.15, 0.2) is 47.3 Å². The van der Waals surface area contributed by atoms with Gasteiger partial charge in [-0.3, -0.25) is 14.3 Å². The van der Waals surface area contributed by atoms with E-state index in [1.165, 1.54) is 39.0 Å². The molecule has 0 spiro atoms. The summed E-state index contributed by atoms with van der Waals surface area (Å²) < 4.78 is 53.3. The highest BCUT2D eigenvalue weighted by Gasteiger charge is 2.36. The van der Waals surface area contributed by atoms with E-state index in [0.717, 1.165) is 5.56 Å². The van der Waals surface area contributed by atoms with Gasteiger partial charge in [-0.1, -0.05) is 6.07 Å². The molecule has 3 heterocycles. The second-order valence-electron chi connectivity index (χ2n) is 8.26. The standard InChI is InChI=1S/C24H28N6O6S/c1-14-10-17(13-25-11-14)22-27-28-24(30(22)20-18(33-4)8-7-9-19(20)34-5)29-37(31,32)16(3)21(35-6)23-26-12-15(2)36-23/h7-13,16,21H,1-6H3,(H,28,29)/t16-,21-/m1/s1. The van der Waals surface area contributed by atoms with Crippen LogP contribution in [-0.4, -0.2) is 59.7 Å². The number of sulfonamides is 1. The van der Waals surface area contributed by atoms with Gasteiger partial charge < -0.3 is 18.6 Å². The smallest absolute Gasteiger partial charge is 0.243 e. The SMILES string of the molecule is COc1cccc(OC)c1-n1c(NS(=O)(=O)[C@H](C)[C@@H](OC)c2ncc(C)o2)nnc1-c1cncc(C)c1. The highest BCUT2D eigenvalue weighted by molar-refractivity contribution is 7.93. The van der Waals surface area contributed by atoms with E-state index in [0.29, 0.717) is 34.3 Å². The summed E-state index contributed by atoms with van der Waals surface area (Å²) >= 11 is 0. The third-order valence-corrected chi connectivity index (χ3v) is 7.40. The molecule has 0 aliphatic rings. The minimum absolute atomic E-state index is 0.0791. The number of anilines is 1. The fraction of sp³-hybridized carbons (Fsp3) is 0.333. The lowest BCUT2D eigenvalue weighted by molar-refractivity contribution is 0.0779. The Bertz CT molecular complexity index is 1480. The zero-order valence-electron chi connectivity index (χ0n) is 21.3. The van der Waals surface area contributed by atoms with Crippen molar-refractivity contribution in [3.63, 3.8) is 0 Å². The number of nitrogens with one attached hydrogen (secondary N) is 1. The average Bonchev–Trinajstić information content (AvgIpc) is 3.49. The maximum absolute atomic E-state index is 13.6. The lowest BCUT2D eigenvalue weighted by Crippen LogP contribution is -2.33. The van der Waals surface area contributed by atoms with Crippen LogP contribution in [0.25, 0.3) is 17.1 Å². The van der Waals surface area contributed by atoms with E-state index in [4.69, 9.17) is 18.6 Å². The minimum Gasteiger partial charge on any atom is -0.494 e. The van der Waals surface area contributed by atoms with Crippen LogP contribution in [0, 0.1) is 13.8 Å². The van der Waals surface area contributed by atoms with Crippen molar-refractivity contribution in [1.29, 1.82) is 0 Å². The summed E-state index contributed by atoms with van der Waals surface area (Å²) in [4.78, 5) is 8.38. The molecule has 0 radical (unpaired) electrons. The fourth-order valence-corrected chi connectivity index (χ4v) is 4.98. The van der Waals surface area contributed by atoms with Gasteiger partial charge in [-0.15, -0.1) is 10.2 Å². The van der Waals surface area contributed by atoms with Gasteiger partial charge in [0.25, 0.3) is 0 Å². The molecular weight excluding hydrogens is 500 g/mol. The lowest BCUT2D eigenvalue weighted by Gasteiger charge is -2.22. The molecule has 1 aromatic carbocycles. The summed E-state index contributed by atoms with van der Waals surface area (Å²) in [6.45, 7) is 5.10. The summed E-state index contributed by atoms with van der Waals surface area (Å²) in [5.41, 5.74) is 1.91. The van der Waals surface area contributed by atoms with Gasteiger partial charge in [0, 0.05) is 25.1 Å². The van der Waals surface area contributed by atoms with Gasteiger partial charge in [0.2, 0.25) is 21.9 Å². The number of hydrogen-bond acceptors (Lipinski definition) is 10. The first-order chi connectivity index (χ1) is 17.7. The van der Waals surface area contributed by atoms with E-state index in [2.05, 4.69) is 24.9 Å². The van der Waals surface area contributed by atoms with Crippen molar-refractivity contribution in [3.05, 3.63) is 60.1 Å². The highest BCUT2D eigenvalue weighted by atomic mass is 32.2. The molecule has 196 valence electrons. The lowest BCUT2D eigenvalue weighted by atomic mass is 10.2. The fourth-order valence-electron chi connectivity index (χ4n) is 3.86. The van der Waals surface area contributed by atoms with Crippen LogP contribution in [0.2, 0.25) is 0 Å². The van der Waals surface area contributed by atoms with Crippen LogP contribution in [0.4, 0.5) is 5.95 Å². The number of hydrogen-bond donors (Lipinski definition) is 1. The molecule has 0 saturated carbocycles. The molecule has 0 aliphatic carbocycles. The summed E-state index contributed by atoms with van der Waals surface area (Å²) in [7, 11) is 0.292. The van der Waals surface area contributed by atoms with Crippen LogP contribution < -0.4 is 14.2 Å². The van der Waals surface area contributed by atoms with Crippen LogP contribution in [0.5, 0.6) is 11.5 Å². The third-order valence-electron chi connectivity index (χ3n) is 5.71. The maximum Gasteiger partial charge on any atom is 0.243 e. The molecule has 12 nitrogen and oxygen atoms in total. The Morgan fingerprint density at radius 1 is 1.03 bits per heavy atom. The quantitative estimate of drug-likeness (QED) is 0.325. The van der Waals surface area contributed by atoms with E-state index >= 15 is 0 Å². The second-order valence-corrected chi connectivity index (χ2v) is 10.3. The predicted octanol–water partition coefficient (Wildman–Crippen LogP) is 3.47. The van der Waals surface area contributed by atoms with Crippen molar-refractivity contribution in [1.82, 2.24) is 24.7 Å². The number of nitrogens with zero attached hydrogens (tertiary/aromatic N) is 5. The second kappa shape index (κ2) is 10.6. The topological polar surface area (TPSA) is 143 Å². The van der Waals surface area contributed by atoms with Gasteiger partial charge in [-0.05, 0) is 44.5 Å². The van der Waals surface area contributed by atoms with Crippen molar-refractivity contribution >= 4 is 16.0 Å². The van der Waals surface area contributed by atoms with Crippen LogP contribution in [0.1, 0.15) is 30.2 Å². The van der Waals surface area contributed by atoms with Crippen molar-refractivity contribution in [3.8, 4) is 28.6 Å². The van der Waals surface area contributed by atoms with Crippen molar-refractivity contribution < 1.29 is 27.0 Å². The van der Waals surface area contributed by atoms with Crippen LogP contribution >= 0.6 is 0 Å². The highest BCUT2D eigenvalue weighted by Crippen LogP contribution is 2.38. The Morgan fingerprint density at radius 3 is 2.30 bits per heavy atom. The predicted molar refractivity (Wildman–Crippen MR) is 135 cm³/mol. The van der Waals surface area contributed by atoms with E-state index in [9.17, 15) is 8.42 Å². The molecule has 0 aliphatic heterocycles. The summed E-state index contributed by atoms with van der Waals surface area (Å²) in [5.74, 6) is 1.77. The first-order valence-corrected chi connectivity index (χ1v) is 12.8. The zero-order valence-corrected chi connectivity index (χ0v) is 22.1. The molecule has 0 amide bonds. The van der Waals surface area contributed by atoms with Gasteiger partial charge in [0.15, 0.2) is 11.9 Å². The van der Waals surface area contributed by atoms with Gasteiger partial charge >= 0.3 is 0 Å². The zero-order chi connectivity index (χ0) is 26.7. The molecule has 13 heteroatoms. The average molecular weight is 529 g/mol. The monoisotopic (exact) mass is 528 g/mol. The molecule has 0 unspecified atom stereocenters. The normalized spacial score (nSPS) is 13.2. The van der Waals surface area contributed by atoms with Crippen LogP contribution in [-0.2, 0) is 14.8 Å².